The molecule has 0 spiro atoms. The fourth-order valence-corrected chi connectivity index (χ4v) is 2.26. The number of fused-ring (bicyclic) bond motifs is 1. The van der Waals surface area contributed by atoms with Gasteiger partial charge in [0.15, 0.2) is 0 Å². The van der Waals surface area contributed by atoms with Crippen molar-refractivity contribution in [3.8, 4) is 0 Å². The molecule has 0 bridgehead atoms. The molecular weight excluding hydrogens is 208 g/mol. The van der Waals surface area contributed by atoms with Crippen molar-refractivity contribution < 1.29 is 14.3 Å². The van der Waals surface area contributed by atoms with Gasteiger partial charge in [0.05, 0.1) is 24.7 Å². The Morgan fingerprint density at radius 1 is 1.44 bits per heavy atom. The highest BCUT2D eigenvalue weighted by Gasteiger charge is 2.55. The highest BCUT2D eigenvalue weighted by Crippen LogP contribution is 2.36. The molecule has 0 aromatic carbocycles. The molecule has 2 aliphatic heterocycles. The lowest BCUT2D eigenvalue weighted by molar-refractivity contribution is -0.145. The molecule has 0 aliphatic carbocycles. The molecule has 2 unspecified atom stereocenters. The molecule has 2 heterocycles. The summed E-state index contributed by atoms with van der Waals surface area (Å²) in [7, 11) is 0. The van der Waals surface area contributed by atoms with Gasteiger partial charge in [0.25, 0.3) is 0 Å². The van der Waals surface area contributed by atoms with Crippen molar-refractivity contribution in [2.45, 2.75) is 39.3 Å². The Labute approximate surface area is 95.1 Å². The number of imide groups is 1. The number of carbonyl (C=O) groups is 2. The fraction of sp³-hybridized carbons (Fsp3) is 0.818. The van der Waals surface area contributed by atoms with Crippen LogP contribution in [0, 0.1) is 5.41 Å². The minimum absolute atomic E-state index is 0.133. The van der Waals surface area contributed by atoms with Crippen molar-refractivity contribution in [1.82, 2.24) is 10.2 Å². The first-order chi connectivity index (χ1) is 7.27. The van der Waals surface area contributed by atoms with E-state index in [0.717, 1.165) is 0 Å². The maximum atomic E-state index is 12.4. The third-order valence-electron chi connectivity index (χ3n) is 3.32. The average Bonchev–Trinajstić information content (AvgIpc) is 2.46. The molecule has 2 fully saturated rings. The number of nitrogens with one attached hydrogen (secondary N) is 1. The quantitative estimate of drug-likeness (QED) is 0.663. The Morgan fingerprint density at radius 2 is 2.06 bits per heavy atom. The third-order valence-corrected chi connectivity index (χ3v) is 3.32. The smallest absolute Gasteiger partial charge is 0.324 e. The summed E-state index contributed by atoms with van der Waals surface area (Å²) < 4.78 is 5.31. The monoisotopic (exact) mass is 226 g/mol. The van der Waals surface area contributed by atoms with E-state index in [1.54, 1.807) is 0 Å². The normalized spacial score (nSPS) is 35.0. The Balaban J connectivity index is 2.37. The number of ether oxygens (including phenoxy) is 1. The molecule has 0 radical (unpaired) electrons. The molecule has 0 aromatic heterocycles. The minimum Gasteiger partial charge on any atom is -0.378 e. The van der Waals surface area contributed by atoms with Crippen LogP contribution in [-0.2, 0) is 9.53 Å². The van der Waals surface area contributed by atoms with Gasteiger partial charge < -0.3 is 10.1 Å². The van der Waals surface area contributed by atoms with E-state index in [1.807, 2.05) is 27.7 Å². The van der Waals surface area contributed by atoms with Crippen LogP contribution in [0.3, 0.4) is 0 Å². The summed E-state index contributed by atoms with van der Waals surface area (Å²) >= 11 is 0. The van der Waals surface area contributed by atoms with E-state index < -0.39 is 11.0 Å². The second-order valence-corrected chi connectivity index (χ2v) is 5.75. The van der Waals surface area contributed by atoms with Gasteiger partial charge in [-0.25, -0.2) is 4.79 Å². The van der Waals surface area contributed by atoms with Gasteiger partial charge >= 0.3 is 6.03 Å². The SMILES string of the molecule is CC12COCC1NC(=O)N(C(C)(C)C)C2=O. The van der Waals surface area contributed by atoms with E-state index in [1.165, 1.54) is 4.90 Å². The highest BCUT2D eigenvalue weighted by atomic mass is 16.5. The van der Waals surface area contributed by atoms with E-state index in [-0.39, 0.29) is 18.0 Å². The first-order valence-electron chi connectivity index (χ1n) is 5.50. The maximum Gasteiger partial charge on any atom is 0.324 e. The topological polar surface area (TPSA) is 58.6 Å². The zero-order valence-corrected chi connectivity index (χ0v) is 10.2. The van der Waals surface area contributed by atoms with Gasteiger partial charge in [-0.3, -0.25) is 9.69 Å². The number of hydrogen-bond acceptors (Lipinski definition) is 3. The molecule has 2 rings (SSSR count). The van der Waals surface area contributed by atoms with Crippen molar-refractivity contribution in [2.24, 2.45) is 5.41 Å². The Bertz CT molecular complexity index is 348. The van der Waals surface area contributed by atoms with Gasteiger partial charge in [-0.1, -0.05) is 0 Å². The average molecular weight is 226 g/mol. The van der Waals surface area contributed by atoms with Crippen molar-refractivity contribution in [3.63, 3.8) is 0 Å². The van der Waals surface area contributed by atoms with Crippen LogP contribution in [0.2, 0.25) is 0 Å². The number of carbonyl (C=O) groups excluding carboxylic acids is 2. The molecular formula is C11H18N2O3. The van der Waals surface area contributed by atoms with Gasteiger partial charge in [0, 0.05) is 5.54 Å². The second kappa shape index (κ2) is 3.20. The molecule has 2 atom stereocenters. The summed E-state index contributed by atoms with van der Waals surface area (Å²) in [5, 5.41) is 2.85. The van der Waals surface area contributed by atoms with Crippen molar-refractivity contribution in [3.05, 3.63) is 0 Å². The van der Waals surface area contributed by atoms with Crippen LogP contribution in [0.15, 0.2) is 0 Å². The summed E-state index contributed by atoms with van der Waals surface area (Å²) in [6.07, 6.45) is 0. The molecule has 0 saturated carbocycles. The number of hydrogen-bond donors (Lipinski definition) is 1. The lowest BCUT2D eigenvalue weighted by Crippen LogP contribution is -2.68. The molecule has 2 saturated heterocycles. The number of rotatable bonds is 0. The molecule has 1 N–H and O–H groups in total. The van der Waals surface area contributed by atoms with E-state index >= 15 is 0 Å². The number of amides is 3. The Kier molecular flexibility index (Phi) is 2.28. The Hall–Kier alpha value is -1.10. The standard InChI is InChI=1S/C11H18N2O3/c1-10(2,3)13-8(14)11(4)6-16-5-7(11)12-9(13)15/h7H,5-6H2,1-4H3,(H,12,15). The van der Waals surface area contributed by atoms with Crippen molar-refractivity contribution in [2.75, 3.05) is 13.2 Å². The van der Waals surface area contributed by atoms with Crippen LogP contribution in [-0.4, -0.2) is 41.6 Å². The van der Waals surface area contributed by atoms with Crippen LogP contribution in [0.1, 0.15) is 27.7 Å². The van der Waals surface area contributed by atoms with E-state index in [4.69, 9.17) is 4.74 Å². The molecule has 0 aromatic rings. The van der Waals surface area contributed by atoms with E-state index in [0.29, 0.717) is 13.2 Å². The highest BCUT2D eigenvalue weighted by molar-refractivity contribution is 6.01. The molecule has 5 heteroatoms. The van der Waals surface area contributed by atoms with Gasteiger partial charge in [-0.15, -0.1) is 0 Å². The minimum atomic E-state index is -0.610. The number of urea groups is 1. The van der Waals surface area contributed by atoms with Crippen LogP contribution >= 0.6 is 0 Å². The van der Waals surface area contributed by atoms with E-state index in [9.17, 15) is 9.59 Å². The first kappa shape index (κ1) is 11.4. The maximum absolute atomic E-state index is 12.4. The van der Waals surface area contributed by atoms with Gasteiger partial charge in [-0.05, 0) is 27.7 Å². The molecule has 16 heavy (non-hydrogen) atoms. The van der Waals surface area contributed by atoms with Gasteiger partial charge in [-0.2, -0.15) is 0 Å². The predicted molar refractivity (Wildman–Crippen MR) is 57.8 cm³/mol. The van der Waals surface area contributed by atoms with Crippen LogP contribution in [0.4, 0.5) is 4.79 Å². The summed E-state index contributed by atoms with van der Waals surface area (Å²) in [5.74, 6) is -0.133. The van der Waals surface area contributed by atoms with Crippen LogP contribution < -0.4 is 5.32 Å². The largest absolute Gasteiger partial charge is 0.378 e. The van der Waals surface area contributed by atoms with Crippen LogP contribution in [0.25, 0.3) is 0 Å². The van der Waals surface area contributed by atoms with Crippen molar-refractivity contribution in [1.29, 1.82) is 0 Å². The molecule has 3 amide bonds. The van der Waals surface area contributed by atoms with Gasteiger partial charge in [0.2, 0.25) is 5.91 Å². The summed E-state index contributed by atoms with van der Waals surface area (Å²) in [6, 6.07) is -0.503. The zero-order chi connectivity index (χ0) is 12.1. The summed E-state index contributed by atoms with van der Waals surface area (Å²) in [6.45, 7) is 8.21. The lowest BCUT2D eigenvalue weighted by Gasteiger charge is -2.45. The zero-order valence-electron chi connectivity index (χ0n) is 10.2. The predicted octanol–water partition coefficient (Wildman–Crippen LogP) is 0.742. The molecule has 5 nitrogen and oxygen atoms in total. The second-order valence-electron chi connectivity index (χ2n) is 5.75. The molecule has 2 aliphatic rings. The number of nitrogens with zero attached hydrogens (tertiary/aromatic N) is 1. The third kappa shape index (κ3) is 1.42. The lowest BCUT2D eigenvalue weighted by atomic mass is 9.81. The Morgan fingerprint density at radius 3 is 2.62 bits per heavy atom. The summed E-state index contributed by atoms with van der Waals surface area (Å²) in [5.41, 5.74) is -1.11. The van der Waals surface area contributed by atoms with E-state index in [2.05, 4.69) is 5.32 Å². The fourth-order valence-electron chi connectivity index (χ4n) is 2.26. The summed E-state index contributed by atoms with van der Waals surface area (Å²) in [4.78, 5) is 25.5. The van der Waals surface area contributed by atoms with Crippen LogP contribution in [0.5, 0.6) is 0 Å². The van der Waals surface area contributed by atoms with Gasteiger partial charge in [0.1, 0.15) is 0 Å². The van der Waals surface area contributed by atoms with Crippen molar-refractivity contribution >= 4 is 11.9 Å². The molecule has 90 valence electrons. The first-order valence-corrected chi connectivity index (χ1v) is 5.50.